The molecule has 6 nitrogen and oxygen atoms in total. The monoisotopic (exact) mass is 275 g/mol. The molecule has 1 heterocycles. The first kappa shape index (κ1) is 14.0. The molecule has 6 heteroatoms. The van der Waals surface area contributed by atoms with Gasteiger partial charge >= 0.3 is 5.97 Å². The first-order valence-corrected chi connectivity index (χ1v) is 6.55. The van der Waals surface area contributed by atoms with Crippen molar-refractivity contribution in [3.8, 4) is 5.75 Å². The van der Waals surface area contributed by atoms with E-state index in [1.165, 1.54) is 6.07 Å². The molecule has 0 aliphatic carbocycles. The van der Waals surface area contributed by atoms with Crippen molar-refractivity contribution >= 4 is 5.97 Å². The third-order valence-corrected chi connectivity index (χ3v) is 2.82. The maximum atomic E-state index is 11.0. The lowest BCUT2D eigenvalue weighted by molar-refractivity contribution is 0.0691. The fourth-order valence-electron chi connectivity index (χ4n) is 1.75. The van der Waals surface area contributed by atoms with Crippen LogP contribution in [0.3, 0.4) is 0 Å². The van der Waals surface area contributed by atoms with Gasteiger partial charge in [-0.3, -0.25) is 4.68 Å². The molecule has 0 spiro atoms. The molecule has 1 aromatic heterocycles. The quantitative estimate of drug-likeness (QED) is 0.839. The van der Waals surface area contributed by atoms with Crippen molar-refractivity contribution < 1.29 is 14.6 Å². The van der Waals surface area contributed by atoms with Crippen LogP contribution >= 0.6 is 0 Å². The number of carboxylic acids is 1. The predicted molar refractivity (Wildman–Crippen MR) is 72.7 cm³/mol. The molecule has 0 aliphatic rings. The van der Waals surface area contributed by atoms with E-state index in [0.29, 0.717) is 11.4 Å². The fourth-order valence-corrected chi connectivity index (χ4v) is 1.75. The van der Waals surface area contributed by atoms with Crippen molar-refractivity contribution in [1.82, 2.24) is 15.0 Å². The maximum absolute atomic E-state index is 11.0. The number of hydrogen-bond acceptors (Lipinski definition) is 4. The van der Waals surface area contributed by atoms with E-state index in [4.69, 9.17) is 9.84 Å². The summed E-state index contributed by atoms with van der Waals surface area (Å²) in [5.41, 5.74) is 0.826. The summed E-state index contributed by atoms with van der Waals surface area (Å²) in [6.45, 7) is 3.15. The highest BCUT2D eigenvalue weighted by Gasteiger charge is 2.10. The Morgan fingerprint density at radius 3 is 2.95 bits per heavy atom. The SMILES string of the molecule is CCCCn1cc(COc2ccccc2C(=O)O)nn1. The van der Waals surface area contributed by atoms with Gasteiger partial charge in [0.05, 0.1) is 6.20 Å². The van der Waals surface area contributed by atoms with Gasteiger partial charge in [0.2, 0.25) is 0 Å². The second-order valence-electron chi connectivity index (χ2n) is 4.42. The highest BCUT2D eigenvalue weighted by Crippen LogP contribution is 2.18. The number of hydrogen-bond donors (Lipinski definition) is 1. The molecule has 0 fully saturated rings. The zero-order valence-corrected chi connectivity index (χ0v) is 11.3. The summed E-state index contributed by atoms with van der Waals surface area (Å²) in [4.78, 5) is 11.0. The standard InChI is InChI=1S/C14H17N3O3/c1-2-3-8-17-9-11(15-16-17)10-20-13-7-5-4-6-12(13)14(18)19/h4-7,9H,2-3,8,10H2,1H3,(H,18,19). The van der Waals surface area contributed by atoms with Crippen LogP contribution < -0.4 is 4.74 Å². The summed E-state index contributed by atoms with van der Waals surface area (Å²) in [6, 6.07) is 6.54. The van der Waals surface area contributed by atoms with Gasteiger partial charge in [0.1, 0.15) is 23.6 Å². The third kappa shape index (κ3) is 3.57. The Kier molecular flexibility index (Phi) is 4.70. The van der Waals surface area contributed by atoms with Gasteiger partial charge in [-0.2, -0.15) is 0 Å². The Morgan fingerprint density at radius 1 is 1.40 bits per heavy atom. The van der Waals surface area contributed by atoms with E-state index < -0.39 is 5.97 Å². The molecule has 0 saturated heterocycles. The Balaban J connectivity index is 1.98. The van der Waals surface area contributed by atoms with Crippen LogP contribution in [-0.4, -0.2) is 26.1 Å². The number of unbranched alkanes of at least 4 members (excludes halogenated alkanes) is 1. The number of carbonyl (C=O) groups is 1. The van der Waals surface area contributed by atoms with Gasteiger partial charge < -0.3 is 9.84 Å². The number of rotatable bonds is 7. The number of para-hydroxylation sites is 1. The summed E-state index contributed by atoms with van der Waals surface area (Å²) < 4.78 is 7.27. The lowest BCUT2D eigenvalue weighted by Gasteiger charge is -2.06. The van der Waals surface area contributed by atoms with E-state index in [2.05, 4.69) is 17.2 Å². The van der Waals surface area contributed by atoms with Gasteiger partial charge in [-0.25, -0.2) is 4.79 Å². The minimum atomic E-state index is -1.01. The third-order valence-electron chi connectivity index (χ3n) is 2.82. The smallest absolute Gasteiger partial charge is 0.339 e. The molecule has 1 N–H and O–H groups in total. The van der Waals surface area contributed by atoms with Crippen molar-refractivity contribution in [1.29, 1.82) is 0 Å². The normalized spacial score (nSPS) is 10.4. The van der Waals surface area contributed by atoms with Crippen molar-refractivity contribution in [3.05, 3.63) is 41.7 Å². The number of carboxylic acid groups (broad SMARTS) is 1. The Bertz CT molecular complexity index is 581. The minimum Gasteiger partial charge on any atom is -0.486 e. The molecule has 0 radical (unpaired) electrons. The first-order valence-electron chi connectivity index (χ1n) is 6.55. The van der Waals surface area contributed by atoms with Gasteiger partial charge in [0.25, 0.3) is 0 Å². The molecule has 1 aromatic carbocycles. The Morgan fingerprint density at radius 2 is 2.20 bits per heavy atom. The average molecular weight is 275 g/mol. The highest BCUT2D eigenvalue weighted by atomic mass is 16.5. The average Bonchev–Trinajstić information content (AvgIpc) is 2.91. The van der Waals surface area contributed by atoms with Crippen LogP contribution in [0.5, 0.6) is 5.75 Å². The van der Waals surface area contributed by atoms with E-state index >= 15 is 0 Å². The lowest BCUT2D eigenvalue weighted by Crippen LogP contribution is -2.03. The van der Waals surface area contributed by atoms with Gasteiger partial charge in [0.15, 0.2) is 0 Å². The van der Waals surface area contributed by atoms with Crippen LogP contribution in [-0.2, 0) is 13.2 Å². The molecular formula is C14H17N3O3. The van der Waals surface area contributed by atoms with Crippen LogP contribution in [0.4, 0.5) is 0 Å². The van der Waals surface area contributed by atoms with Crippen molar-refractivity contribution in [2.45, 2.75) is 32.9 Å². The van der Waals surface area contributed by atoms with Crippen molar-refractivity contribution in [2.75, 3.05) is 0 Å². The summed E-state index contributed by atoms with van der Waals surface area (Å²) in [6.07, 6.45) is 3.96. The van der Waals surface area contributed by atoms with Crippen LogP contribution in [0.15, 0.2) is 30.5 Å². The molecule has 2 rings (SSSR count). The van der Waals surface area contributed by atoms with Crippen LogP contribution in [0, 0.1) is 0 Å². The summed E-state index contributed by atoms with van der Waals surface area (Å²) >= 11 is 0. The largest absolute Gasteiger partial charge is 0.486 e. The summed E-state index contributed by atoms with van der Waals surface area (Å²) in [5.74, 6) is -0.671. The van der Waals surface area contributed by atoms with E-state index in [1.54, 1.807) is 22.9 Å². The number of aryl methyl sites for hydroxylation is 1. The maximum Gasteiger partial charge on any atom is 0.339 e. The fraction of sp³-hybridized carbons (Fsp3) is 0.357. The Hall–Kier alpha value is -2.37. The second-order valence-corrected chi connectivity index (χ2v) is 4.42. The Labute approximate surface area is 117 Å². The molecule has 0 saturated carbocycles. The van der Waals surface area contributed by atoms with Gasteiger partial charge in [0, 0.05) is 6.54 Å². The molecule has 0 amide bonds. The van der Waals surface area contributed by atoms with Crippen LogP contribution in [0.1, 0.15) is 35.8 Å². The topological polar surface area (TPSA) is 77.2 Å². The van der Waals surface area contributed by atoms with Crippen LogP contribution in [0.2, 0.25) is 0 Å². The van der Waals surface area contributed by atoms with Gasteiger partial charge in [-0.1, -0.05) is 30.7 Å². The summed E-state index contributed by atoms with van der Waals surface area (Å²) in [5, 5.41) is 17.0. The molecule has 106 valence electrons. The van der Waals surface area contributed by atoms with Crippen molar-refractivity contribution in [2.24, 2.45) is 0 Å². The molecular weight excluding hydrogens is 258 g/mol. The first-order chi connectivity index (χ1) is 9.70. The zero-order chi connectivity index (χ0) is 14.4. The highest BCUT2D eigenvalue weighted by molar-refractivity contribution is 5.90. The summed E-state index contributed by atoms with van der Waals surface area (Å²) in [7, 11) is 0. The van der Waals surface area contributed by atoms with E-state index in [0.717, 1.165) is 19.4 Å². The minimum absolute atomic E-state index is 0.144. The molecule has 0 bridgehead atoms. The van der Waals surface area contributed by atoms with E-state index in [1.807, 2.05) is 6.20 Å². The molecule has 2 aromatic rings. The van der Waals surface area contributed by atoms with Gasteiger partial charge in [-0.15, -0.1) is 5.10 Å². The zero-order valence-electron chi connectivity index (χ0n) is 11.3. The number of nitrogens with zero attached hydrogens (tertiary/aromatic N) is 3. The number of ether oxygens (including phenoxy) is 1. The van der Waals surface area contributed by atoms with Crippen molar-refractivity contribution in [3.63, 3.8) is 0 Å². The lowest BCUT2D eigenvalue weighted by atomic mass is 10.2. The number of benzene rings is 1. The van der Waals surface area contributed by atoms with Gasteiger partial charge in [-0.05, 0) is 18.6 Å². The molecule has 0 aliphatic heterocycles. The van der Waals surface area contributed by atoms with Crippen LogP contribution in [0.25, 0.3) is 0 Å². The number of aromatic carboxylic acids is 1. The van der Waals surface area contributed by atoms with E-state index in [9.17, 15) is 4.79 Å². The molecule has 0 unspecified atom stereocenters. The molecule has 20 heavy (non-hydrogen) atoms. The second kappa shape index (κ2) is 6.70. The number of aromatic nitrogens is 3. The molecule has 0 atom stereocenters. The predicted octanol–water partition coefficient (Wildman–Crippen LogP) is 2.36. The van der Waals surface area contributed by atoms with E-state index in [-0.39, 0.29) is 12.2 Å².